The van der Waals surface area contributed by atoms with Crippen LogP contribution in [0.2, 0.25) is 0 Å². The zero-order valence-corrected chi connectivity index (χ0v) is 10.2. The molecule has 10 heteroatoms. The van der Waals surface area contributed by atoms with Crippen LogP contribution in [0.25, 0.3) is 0 Å². The highest BCUT2D eigenvalue weighted by Gasteiger charge is 2.29. The first-order chi connectivity index (χ1) is 8.33. The average Bonchev–Trinajstić information content (AvgIpc) is 2.69. The Labute approximate surface area is 103 Å². The highest BCUT2D eigenvalue weighted by molar-refractivity contribution is 7.89. The van der Waals surface area contributed by atoms with Gasteiger partial charge in [0.2, 0.25) is 10.0 Å². The van der Waals surface area contributed by atoms with Crippen LogP contribution in [-0.2, 0) is 10.0 Å². The first-order valence-corrected chi connectivity index (χ1v) is 6.34. The predicted molar refractivity (Wildman–Crippen MR) is 58.6 cm³/mol. The van der Waals surface area contributed by atoms with Crippen LogP contribution in [0, 0.1) is 6.92 Å². The summed E-state index contributed by atoms with van der Waals surface area (Å²) in [6.07, 6.45) is 0. The number of H-pyrrole nitrogens is 1. The summed E-state index contributed by atoms with van der Waals surface area (Å²) < 4.78 is 25.8. The summed E-state index contributed by atoms with van der Waals surface area (Å²) >= 11 is 0. The number of sulfonamides is 1. The van der Waals surface area contributed by atoms with Gasteiger partial charge in [-0.1, -0.05) is 0 Å². The summed E-state index contributed by atoms with van der Waals surface area (Å²) in [5.74, 6) is -1.50. The molecule has 18 heavy (non-hydrogen) atoms. The molecule has 0 radical (unpaired) electrons. The fourth-order valence-electron chi connectivity index (χ4n) is 1.30. The maximum absolute atomic E-state index is 11.9. The van der Waals surface area contributed by atoms with Gasteiger partial charge in [0.25, 0.3) is 0 Å². The molecule has 0 amide bonds. The Kier molecular flexibility index (Phi) is 4.40. The van der Waals surface area contributed by atoms with Gasteiger partial charge in [-0.2, -0.15) is 5.10 Å². The third-order valence-corrected chi connectivity index (χ3v) is 3.81. The lowest BCUT2D eigenvalue weighted by Gasteiger charge is -2.13. The number of rotatable bonds is 6. The lowest BCUT2D eigenvalue weighted by Crippen LogP contribution is -2.40. The van der Waals surface area contributed by atoms with Crippen molar-refractivity contribution in [1.82, 2.24) is 14.9 Å². The molecule has 0 saturated heterocycles. The second-order valence-corrected chi connectivity index (χ2v) is 5.17. The largest absolute Gasteiger partial charge is 0.476 e. The topological polar surface area (TPSA) is 153 Å². The highest BCUT2D eigenvalue weighted by Crippen LogP contribution is 2.17. The summed E-state index contributed by atoms with van der Waals surface area (Å²) in [5.41, 5.74) is -0.593. The van der Waals surface area contributed by atoms with Gasteiger partial charge in [-0.25, -0.2) is 17.9 Å². The number of aromatic nitrogens is 2. The van der Waals surface area contributed by atoms with Crippen LogP contribution in [0.4, 0.5) is 0 Å². The van der Waals surface area contributed by atoms with Crippen molar-refractivity contribution in [3.05, 3.63) is 11.4 Å². The Morgan fingerprint density at radius 1 is 1.44 bits per heavy atom. The average molecular weight is 279 g/mol. The smallest absolute Gasteiger partial charge is 0.357 e. The minimum atomic E-state index is -4.19. The number of carboxylic acid groups (broad SMARTS) is 1. The van der Waals surface area contributed by atoms with E-state index in [1.54, 1.807) is 0 Å². The SMILES string of the molecule is Cc1[nH]nc(C(=O)O)c1S(=O)(=O)NC(CO)CO. The number of aromatic amines is 1. The molecule has 0 saturated carbocycles. The zero-order chi connectivity index (χ0) is 13.9. The Morgan fingerprint density at radius 3 is 2.44 bits per heavy atom. The van der Waals surface area contributed by atoms with Gasteiger partial charge in [0.05, 0.1) is 24.9 Å². The Bertz CT molecular complexity index is 533. The summed E-state index contributed by atoms with van der Waals surface area (Å²) in [6, 6.07) is -1.11. The quantitative estimate of drug-likeness (QED) is 0.405. The molecule has 0 bridgehead atoms. The van der Waals surface area contributed by atoms with Gasteiger partial charge < -0.3 is 15.3 Å². The lowest BCUT2D eigenvalue weighted by atomic mass is 10.4. The molecular formula is C8H13N3O6S. The maximum atomic E-state index is 11.9. The van der Waals surface area contributed by atoms with Crippen LogP contribution >= 0.6 is 0 Å². The van der Waals surface area contributed by atoms with Gasteiger partial charge >= 0.3 is 5.97 Å². The molecule has 102 valence electrons. The molecule has 0 unspecified atom stereocenters. The number of carboxylic acids is 1. The van der Waals surface area contributed by atoms with Crippen molar-refractivity contribution in [2.24, 2.45) is 0 Å². The molecule has 0 spiro atoms. The third-order valence-electron chi connectivity index (χ3n) is 2.12. The van der Waals surface area contributed by atoms with E-state index in [-0.39, 0.29) is 5.69 Å². The number of nitrogens with one attached hydrogen (secondary N) is 2. The van der Waals surface area contributed by atoms with Crippen molar-refractivity contribution in [3.8, 4) is 0 Å². The van der Waals surface area contributed by atoms with E-state index in [2.05, 4.69) is 10.2 Å². The standard InChI is InChI=1S/C8H13N3O6S/c1-4-7(6(8(14)15)10-9-4)18(16,17)11-5(2-12)3-13/h5,11-13H,2-3H2,1H3,(H,9,10)(H,14,15). The lowest BCUT2D eigenvalue weighted by molar-refractivity contribution is 0.0686. The highest BCUT2D eigenvalue weighted by atomic mass is 32.2. The molecule has 1 aromatic heterocycles. The fourth-order valence-corrected chi connectivity index (χ4v) is 2.85. The normalized spacial score (nSPS) is 12.0. The molecule has 5 N–H and O–H groups in total. The summed E-state index contributed by atoms with van der Waals surface area (Å²) in [7, 11) is -4.19. The van der Waals surface area contributed by atoms with Crippen LogP contribution < -0.4 is 4.72 Å². The summed E-state index contributed by atoms with van der Waals surface area (Å²) in [4.78, 5) is 10.3. The number of carbonyl (C=O) groups is 1. The van der Waals surface area contributed by atoms with E-state index in [1.807, 2.05) is 4.72 Å². The first-order valence-electron chi connectivity index (χ1n) is 4.85. The second-order valence-electron chi connectivity index (χ2n) is 3.51. The number of hydrogen-bond acceptors (Lipinski definition) is 6. The molecular weight excluding hydrogens is 266 g/mol. The monoisotopic (exact) mass is 279 g/mol. The molecule has 0 aromatic carbocycles. The molecule has 1 aromatic rings. The molecule has 1 rings (SSSR count). The predicted octanol–water partition coefficient (Wildman–Crippen LogP) is -1.95. The number of aliphatic hydroxyl groups excluding tert-OH is 2. The van der Waals surface area contributed by atoms with E-state index in [4.69, 9.17) is 15.3 Å². The van der Waals surface area contributed by atoms with Gasteiger partial charge in [0.1, 0.15) is 4.90 Å². The van der Waals surface area contributed by atoms with Crippen LogP contribution in [0.3, 0.4) is 0 Å². The van der Waals surface area contributed by atoms with Crippen LogP contribution in [0.1, 0.15) is 16.2 Å². The van der Waals surface area contributed by atoms with Gasteiger partial charge in [-0.05, 0) is 6.92 Å². The number of nitrogens with zero attached hydrogens (tertiary/aromatic N) is 1. The van der Waals surface area contributed by atoms with Gasteiger partial charge in [0.15, 0.2) is 5.69 Å². The van der Waals surface area contributed by atoms with E-state index in [9.17, 15) is 13.2 Å². The van der Waals surface area contributed by atoms with Crippen LogP contribution in [-0.4, -0.2) is 59.2 Å². The molecule has 0 aliphatic heterocycles. The van der Waals surface area contributed by atoms with Crippen molar-refractivity contribution in [3.63, 3.8) is 0 Å². The minimum Gasteiger partial charge on any atom is -0.476 e. The third kappa shape index (κ3) is 2.85. The van der Waals surface area contributed by atoms with Crippen molar-refractivity contribution >= 4 is 16.0 Å². The molecule has 0 aliphatic carbocycles. The van der Waals surface area contributed by atoms with Gasteiger partial charge in [-0.15, -0.1) is 0 Å². The summed E-state index contributed by atoms with van der Waals surface area (Å²) in [5, 5.41) is 32.1. The van der Waals surface area contributed by atoms with Crippen LogP contribution in [0.15, 0.2) is 4.90 Å². The number of aliphatic hydroxyl groups is 2. The van der Waals surface area contributed by atoms with Gasteiger partial charge in [0, 0.05) is 0 Å². The first kappa shape index (κ1) is 14.6. The Hall–Kier alpha value is -1.49. The van der Waals surface area contributed by atoms with E-state index in [1.165, 1.54) is 6.92 Å². The van der Waals surface area contributed by atoms with Crippen LogP contribution in [0.5, 0.6) is 0 Å². The number of hydrogen-bond donors (Lipinski definition) is 5. The molecule has 0 atom stereocenters. The van der Waals surface area contributed by atoms with Crippen molar-refractivity contribution in [2.75, 3.05) is 13.2 Å². The van der Waals surface area contributed by atoms with E-state index >= 15 is 0 Å². The van der Waals surface area contributed by atoms with E-state index < -0.39 is 45.8 Å². The minimum absolute atomic E-state index is 0.0505. The molecule has 1 heterocycles. The molecule has 9 nitrogen and oxygen atoms in total. The van der Waals surface area contributed by atoms with E-state index in [0.717, 1.165) is 0 Å². The fraction of sp³-hybridized carbons (Fsp3) is 0.500. The van der Waals surface area contributed by atoms with Gasteiger partial charge in [-0.3, -0.25) is 5.10 Å². The number of aryl methyl sites for hydroxylation is 1. The van der Waals surface area contributed by atoms with E-state index in [0.29, 0.717) is 0 Å². The zero-order valence-electron chi connectivity index (χ0n) is 9.41. The maximum Gasteiger partial charge on any atom is 0.357 e. The Balaban J connectivity index is 3.20. The van der Waals surface area contributed by atoms with Crippen molar-refractivity contribution in [1.29, 1.82) is 0 Å². The second kappa shape index (κ2) is 5.44. The summed E-state index contributed by atoms with van der Waals surface area (Å²) in [6.45, 7) is 0.116. The van der Waals surface area contributed by atoms with Crippen molar-refractivity contribution < 1.29 is 28.5 Å². The number of aromatic carboxylic acids is 1. The Morgan fingerprint density at radius 2 is 2.00 bits per heavy atom. The molecule has 0 aliphatic rings. The molecule has 0 fully saturated rings. The van der Waals surface area contributed by atoms with Crippen molar-refractivity contribution in [2.45, 2.75) is 17.9 Å².